The van der Waals surface area contributed by atoms with Crippen LogP contribution in [0.4, 0.5) is 0 Å². The molecular formula is C17H18Cl2N2O3. The first-order valence-corrected chi connectivity index (χ1v) is 8.66. The Labute approximate surface area is 150 Å². The van der Waals surface area contributed by atoms with Crippen molar-refractivity contribution in [3.05, 3.63) is 40.3 Å². The van der Waals surface area contributed by atoms with Crippen LogP contribution in [0.15, 0.2) is 28.8 Å². The predicted octanol–water partition coefficient (Wildman–Crippen LogP) is 3.88. The average molecular weight is 369 g/mol. The van der Waals surface area contributed by atoms with E-state index >= 15 is 0 Å². The Hall–Kier alpha value is -1.56. The van der Waals surface area contributed by atoms with E-state index in [1.165, 1.54) is 0 Å². The number of nitrogens with zero attached hydrogens (tertiary/aromatic N) is 1. The summed E-state index contributed by atoms with van der Waals surface area (Å²) in [5.41, 5.74) is 0.725. The second-order valence-electron chi connectivity index (χ2n) is 5.68. The smallest absolute Gasteiger partial charge is 0.220 e. The summed E-state index contributed by atoms with van der Waals surface area (Å²) in [6.45, 7) is 1.35. The van der Waals surface area contributed by atoms with Crippen LogP contribution in [0.5, 0.6) is 0 Å². The molecule has 5 nitrogen and oxygen atoms in total. The standard InChI is InChI=1S/C17H18Cl2N2O3/c18-11-3-4-13(14(19)8-11)15-10-21-17(24-15)6-5-16(22)20-9-12-2-1-7-23-12/h3-4,8,10,12H,1-2,5-7,9H2,(H,20,22)/t12-/m1/s1. The number of halogens is 2. The molecule has 2 aromatic rings. The van der Waals surface area contributed by atoms with Crippen LogP contribution in [-0.4, -0.2) is 30.1 Å². The fourth-order valence-electron chi connectivity index (χ4n) is 2.58. The molecule has 1 aliphatic heterocycles. The number of nitrogens with one attached hydrogen (secondary N) is 1. The second kappa shape index (κ2) is 8.01. The molecule has 0 spiro atoms. The second-order valence-corrected chi connectivity index (χ2v) is 6.53. The van der Waals surface area contributed by atoms with Gasteiger partial charge in [-0.3, -0.25) is 4.79 Å². The topological polar surface area (TPSA) is 64.4 Å². The van der Waals surface area contributed by atoms with Crippen molar-refractivity contribution < 1.29 is 13.9 Å². The molecule has 1 amide bonds. The highest BCUT2D eigenvalue weighted by molar-refractivity contribution is 6.36. The van der Waals surface area contributed by atoms with Gasteiger partial charge in [0.05, 0.1) is 17.3 Å². The van der Waals surface area contributed by atoms with Gasteiger partial charge in [0.2, 0.25) is 5.91 Å². The van der Waals surface area contributed by atoms with E-state index in [0.717, 1.165) is 25.0 Å². The summed E-state index contributed by atoms with van der Waals surface area (Å²) in [7, 11) is 0. The molecule has 3 rings (SSSR count). The number of benzene rings is 1. The normalized spacial score (nSPS) is 17.2. The van der Waals surface area contributed by atoms with Crippen LogP contribution in [0, 0.1) is 0 Å². The summed E-state index contributed by atoms with van der Waals surface area (Å²) in [5.74, 6) is 1.03. The van der Waals surface area contributed by atoms with Crippen molar-refractivity contribution >= 4 is 29.1 Å². The van der Waals surface area contributed by atoms with E-state index in [0.29, 0.717) is 41.1 Å². The van der Waals surface area contributed by atoms with Crippen LogP contribution in [0.2, 0.25) is 10.0 Å². The number of hydrogen-bond donors (Lipinski definition) is 1. The van der Waals surface area contributed by atoms with Gasteiger partial charge in [0.25, 0.3) is 0 Å². The van der Waals surface area contributed by atoms with Gasteiger partial charge in [-0.2, -0.15) is 0 Å². The van der Waals surface area contributed by atoms with Gasteiger partial charge in [0.15, 0.2) is 11.7 Å². The Balaban J connectivity index is 1.51. The van der Waals surface area contributed by atoms with Gasteiger partial charge in [-0.15, -0.1) is 0 Å². The van der Waals surface area contributed by atoms with Gasteiger partial charge in [0, 0.05) is 36.6 Å². The van der Waals surface area contributed by atoms with E-state index in [4.69, 9.17) is 32.4 Å². The van der Waals surface area contributed by atoms with Gasteiger partial charge in [-0.1, -0.05) is 23.2 Å². The summed E-state index contributed by atoms with van der Waals surface area (Å²) >= 11 is 12.0. The van der Waals surface area contributed by atoms with Gasteiger partial charge in [-0.25, -0.2) is 4.98 Å². The zero-order valence-electron chi connectivity index (χ0n) is 13.1. The lowest BCUT2D eigenvalue weighted by Crippen LogP contribution is -2.31. The lowest BCUT2D eigenvalue weighted by atomic mass is 10.2. The van der Waals surface area contributed by atoms with Crippen LogP contribution in [-0.2, 0) is 16.0 Å². The first-order valence-electron chi connectivity index (χ1n) is 7.90. The first-order chi connectivity index (χ1) is 11.6. The molecule has 1 fully saturated rings. The van der Waals surface area contributed by atoms with E-state index < -0.39 is 0 Å². The van der Waals surface area contributed by atoms with Crippen LogP contribution in [0.25, 0.3) is 11.3 Å². The maximum Gasteiger partial charge on any atom is 0.220 e. The molecule has 0 bridgehead atoms. The fraction of sp³-hybridized carbons (Fsp3) is 0.412. The van der Waals surface area contributed by atoms with E-state index in [1.807, 2.05) is 0 Å². The monoisotopic (exact) mass is 368 g/mol. The highest BCUT2D eigenvalue weighted by Crippen LogP contribution is 2.30. The number of aryl methyl sites for hydroxylation is 1. The number of ether oxygens (including phenoxy) is 1. The van der Waals surface area contributed by atoms with E-state index in [9.17, 15) is 4.79 Å². The minimum atomic E-state index is -0.0326. The number of rotatable bonds is 6. The van der Waals surface area contributed by atoms with E-state index in [2.05, 4.69) is 10.3 Å². The maximum atomic E-state index is 11.9. The number of hydrogen-bond acceptors (Lipinski definition) is 4. The molecule has 24 heavy (non-hydrogen) atoms. The van der Waals surface area contributed by atoms with Crippen LogP contribution >= 0.6 is 23.2 Å². The number of carbonyl (C=O) groups excluding carboxylic acids is 1. The Morgan fingerprint density at radius 2 is 2.25 bits per heavy atom. The third kappa shape index (κ3) is 4.50. The molecule has 1 aromatic heterocycles. The van der Waals surface area contributed by atoms with Crippen molar-refractivity contribution in [3.63, 3.8) is 0 Å². The van der Waals surface area contributed by atoms with E-state index in [1.54, 1.807) is 24.4 Å². The summed E-state index contributed by atoms with van der Waals surface area (Å²) in [6, 6.07) is 5.17. The Morgan fingerprint density at radius 3 is 3.00 bits per heavy atom. The van der Waals surface area contributed by atoms with Crippen molar-refractivity contribution in [3.8, 4) is 11.3 Å². The quantitative estimate of drug-likeness (QED) is 0.840. The summed E-state index contributed by atoms with van der Waals surface area (Å²) in [4.78, 5) is 16.1. The van der Waals surface area contributed by atoms with Crippen molar-refractivity contribution in [2.75, 3.05) is 13.2 Å². The lowest BCUT2D eigenvalue weighted by molar-refractivity contribution is -0.121. The number of aromatic nitrogens is 1. The zero-order chi connectivity index (χ0) is 16.9. The van der Waals surface area contributed by atoms with Crippen molar-refractivity contribution in [1.82, 2.24) is 10.3 Å². The largest absolute Gasteiger partial charge is 0.441 e. The fourth-order valence-corrected chi connectivity index (χ4v) is 3.08. The third-order valence-electron chi connectivity index (χ3n) is 3.87. The molecule has 1 aliphatic rings. The highest BCUT2D eigenvalue weighted by Gasteiger charge is 2.16. The molecule has 1 atom stereocenters. The Kier molecular flexibility index (Phi) is 5.76. The maximum absolute atomic E-state index is 11.9. The van der Waals surface area contributed by atoms with Crippen molar-refractivity contribution in [2.45, 2.75) is 31.8 Å². The summed E-state index contributed by atoms with van der Waals surface area (Å²) < 4.78 is 11.1. The molecule has 1 aromatic carbocycles. The zero-order valence-corrected chi connectivity index (χ0v) is 14.6. The van der Waals surface area contributed by atoms with Crippen LogP contribution in [0.1, 0.15) is 25.2 Å². The van der Waals surface area contributed by atoms with Crippen molar-refractivity contribution in [1.29, 1.82) is 0 Å². The predicted molar refractivity (Wildman–Crippen MR) is 92.3 cm³/mol. The van der Waals surface area contributed by atoms with Gasteiger partial charge < -0.3 is 14.5 Å². The van der Waals surface area contributed by atoms with E-state index in [-0.39, 0.29) is 12.0 Å². The van der Waals surface area contributed by atoms with Crippen LogP contribution in [0.3, 0.4) is 0 Å². The Morgan fingerprint density at radius 1 is 1.38 bits per heavy atom. The third-order valence-corrected chi connectivity index (χ3v) is 4.41. The molecule has 0 aliphatic carbocycles. The minimum Gasteiger partial charge on any atom is -0.441 e. The van der Waals surface area contributed by atoms with Gasteiger partial charge in [-0.05, 0) is 31.0 Å². The van der Waals surface area contributed by atoms with Crippen LogP contribution < -0.4 is 5.32 Å². The molecule has 0 unspecified atom stereocenters. The summed E-state index contributed by atoms with van der Waals surface area (Å²) in [5, 5.41) is 3.94. The summed E-state index contributed by atoms with van der Waals surface area (Å²) in [6.07, 6.45) is 4.57. The Bertz CT molecular complexity index is 712. The SMILES string of the molecule is O=C(CCc1ncc(-c2ccc(Cl)cc2Cl)o1)NC[C@H]1CCCO1. The number of amides is 1. The molecule has 128 valence electrons. The van der Waals surface area contributed by atoms with Crippen molar-refractivity contribution in [2.24, 2.45) is 0 Å². The minimum absolute atomic E-state index is 0.0326. The molecule has 1 saturated heterocycles. The molecule has 1 N–H and O–H groups in total. The molecular weight excluding hydrogens is 351 g/mol. The molecule has 2 heterocycles. The molecule has 0 saturated carbocycles. The molecule has 0 radical (unpaired) electrons. The number of oxazole rings is 1. The van der Waals surface area contributed by atoms with Gasteiger partial charge in [0.1, 0.15) is 0 Å². The lowest BCUT2D eigenvalue weighted by Gasteiger charge is -2.10. The molecule has 7 heteroatoms. The number of carbonyl (C=O) groups is 1. The average Bonchev–Trinajstić information content (AvgIpc) is 3.22. The first kappa shape index (κ1) is 17.3. The van der Waals surface area contributed by atoms with Gasteiger partial charge >= 0.3 is 0 Å². The highest BCUT2D eigenvalue weighted by atomic mass is 35.5.